The van der Waals surface area contributed by atoms with Crippen LogP contribution >= 0.6 is 11.3 Å². The molecule has 146 valence electrons. The van der Waals surface area contributed by atoms with Crippen LogP contribution in [-0.2, 0) is 4.74 Å². The summed E-state index contributed by atoms with van der Waals surface area (Å²) in [6.07, 6.45) is 2.67. The third-order valence-electron chi connectivity index (χ3n) is 4.32. The molecule has 1 fully saturated rings. The summed E-state index contributed by atoms with van der Waals surface area (Å²) in [7, 11) is 0. The van der Waals surface area contributed by atoms with E-state index in [1.54, 1.807) is 6.07 Å². The van der Waals surface area contributed by atoms with Crippen molar-refractivity contribution in [3.63, 3.8) is 0 Å². The zero-order chi connectivity index (χ0) is 19.6. The van der Waals surface area contributed by atoms with Gasteiger partial charge in [-0.2, -0.15) is 0 Å². The number of amides is 1. The normalized spacial score (nSPS) is 17.7. The quantitative estimate of drug-likeness (QED) is 0.622. The van der Waals surface area contributed by atoms with Gasteiger partial charge in [0.2, 0.25) is 0 Å². The first-order valence-electron chi connectivity index (χ1n) is 9.01. The number of nitrogens with zero attached hydrogens (tertiary/aromatic N) is 3. The lowest BCUT2D eigenvalue weighted by molar-refractivity contribution is -0.384. The van der Waals surface area contributed by atoms with E-state index in [-0.39, 0.29) is 11.7 Å². The van der Waals surface area contributed by atoms with Gasteiger partial charge in [0.1, 0.15) is 5.60 Å². The number of benzene rings is 1. The van der Waals surface area contributed by atoms with Gasteiger partial charge in [-0.05, 0) is 46.1 Å². The summed E-state index contributed by atoms with van der Waals surface area (Å²) in [5.41, 5.74) is 0.146. The Hall–Kier alpha value is -2.42. The second-order valence-electron chi connectivity index (χ2n) is 7.63. The largest absolute Gasteiger partial charge is 0.444 e. The van der Waals surface area contributed by atoms with Gasteiger partial charge in [-0.25, -0.2) is 9.78 Å². The lowest BCUT2D eigenvalue weighted by atomic mass is 10.0. The molecule has 0 spiro atoms. The van der Waals surface area contributed by atoms with E-state index in [2.05, 4.69) is 15.2 Å². The van der Waals surface area contributed by atoms with Crippen molar-refractivity contribution in [2.24, 2.45) is 0 Å². The fourth-order valence-corrected chi connectivity index (χ4v) is 4.16. The fraction of sp³-hybridized carbons (Fsp3) is 0.556. The predicted octanol–water partition coefficient (Wildman–Crippen LogP) is 4.09. The number of carbonyl (C=O) groups is 1. The van der Waals surface area contributed by atoms with Crippen LogP contribution < -0.4 is 10.2 Å². The average molecular weight is 392 g/mol. The summed E-state index contributed by atoms with van der Waals surface area (Å²) in [5, 5.41) is 14.7. The summed E-state index contributed by atoms with van der Waals surface area (Å²) < 4.78 is 6.22. The molecule has 1 atom stereocenters. The molecule has 1 aliphatic heterocycles. The van der Waals surface area contributed by atoms with Crippen LogP contribution in [0.3, 0.4) is 0 Å². The van der Waals surface area contributed by atoms with Crippen molar-refractivity contribution >= 4 is 38.5 Å². The highest BCUT2D eigenvalue weighted by Gasteiger charge is 2.27. The Bertz CT molecular complexity index is 845. The van der Waals surface area contributed by atoms with E-state index in [1.807, 2.05) is 20.8 Å². The molecule has 9 heteroatoms. The molecule has 0 saturated carbocycles. The summed E-state index contributed by atoms with van der Waals surface area (Å²) in [6, 6.07) is 4.88. The second-order valence-corrected chi connectivity index (χ2v) is 8.64. The van der Waals surface area contributed by atoms with E-state index in [0.717, 1.165) is 35.6 Å². The lowest BCUT2D eigenvalue weighted by Crippen LogP contribution is -2.47. The average Bonchev–Trinajstić information content (AvgIpc) is 3.01. The first-order chi connectivity index (χ1) is 12.7. The SMILES string of the molecule is CC(C)(C)OC(=O)NCC1CCCCN1c1nc2cc([N+](=O)[O-])ccc2s1. The minimum absolute atomic E-state index is 0.0427. The highest BCUT2D eigenvalue weighted by molar-refractivity contribution is 7.22. The van der Waals surface area contributed by atoms with Gasteiger partial charge in [-0.15, -0.1) is 0 Å². The molecule has 1 amide bonds. The first kappa shape index (κ1) is 19.3. The molecule has 1 aromatic carbocycles. The molecule has 0 bridgehead atoms. The Morgan fingerprint density at radius 3 is 2.93 bits per heavy atom. The van der Waals surface area contributed by atoms with E-state index in [0.29, 0.717) is 12.1 Å². The van der Waals surface area contributed by atoms with Crippen molar-refractivity contribution < 1.29 is 14.5 Å². The second kappa shape index (κ2) is 7.67. The number of ether oxygens (including phenoxy) is 1. The van der Waals surface area contributed by atoms with Gasteiger partial charge in [-0.1, -0.05) is 11.3 Å². The van der Waals surface area contributed by atoms with Crippen LogP contribution in [0.1, 0.15) is 40.0 Å². The summed E-state index contributed by atoms with van der Waals surface area (Å²) >= 11 is 1.52. The van der Waals surface area contributed by atoms with Gasteiger partial charge in [0.25, 0.3) is 5.69 Å². The van der Waals surface area contributed by atoms with Crippen LogP contribution in [0.5, 0.6) is 0 Å². The van der Waals surface area contributed by atoms with Crippen molar-refractivity contribution in [2.45, 2.75) is 51.7 Å². The maximum atomic E-state index is 12.0. The number of nitro groups is 1. The van der Waals surface area contributed by atoms with E-state index >= 15 is 0 Å². The number of hydrogen-bond donors (Lipinski definition) is 1. The minimum atomic E-state index is -0.530. The fourth-order valence-electron chi connectivity index (χ4n) is 3.12. The van der Waals surface area contributed by atoms with Crippen LogP contribution in [0.2, 0.25) is 0 Å². The van der Waals surface area contributed by atoms with Crippen molar-refractivity contribution in [3.05, 3.63) is 28.3 Å². The highest BCUT2D eigenvalue weighted by atomic mass is 32.1. The van der Waals surface area contributed by atoms with E-state index in [9.17, 15) is 14.9 Å². The van der Waals surface area contributed by atoms with Gasteiger partial charge < -0.3 is 15.0 Å². The van der Waals surface area contributed by atoms with E-state index in [1.165, 1.54) is 23.5 Å². The van der Waals surface area contributed by atoms with Crippen LogP contribution in [0.15, 0.2) is 18.2 Å². The maximum absolute atomic E-state index is 12.0. The number of fused-ring (bicyclic) bond motifs is 1. The number of nitrogens with one attached hydrogen (secondary N) is 1. The standard InChI is InChI=1S/C18H24N4O4S/c1-18(2,3)26-17(23)19-11-13-6-4-5-9-21(13)16-20-14-10-12(22(24)25)7-8-15(14)27-16/h7-8,10,13H,4-6,9,11H2,1-3H3,(H,19,23). The molecule has 2 heterocycles. The van der Waals surface area contributed by atoms with E-state index < -0.39 is 16.6 Å². The molecule has 1 saturated heterocycles. The molecular weight excluding hydrogens is 368 g/mol. The number of nitro benzene ring substituents is 1. The number of alkyl carbamates (subject to hydrolysis) is 1. The number of thiazole rings is 1. The number of anilines is 1. The smallest absolute Gasteiger partial charge is 0.407 e. The summed E-state index contributed by atoms with van der Waals surface area (Å²) in [4.78, 5) is 29.3. The van der Waals surface area contributed by atoms with Crippen LogP contribution in [0.4, 0.5) is 15.6 Å². The molecule has 2 aromatic rings. The number of hydrogen-bond acceptors (Lipinski definition) is 7. The molecule has 1 unspecified atom stereocenters. The van der Waals surface area contributed by atoms with Gasteiger partial charge in [0, 0.05) is 31.3 Å². The van der Waals surface area contributed by atoms with Gasteiger partial charge in [-0.3, -0.25) is 10.1 Å². The molecule has 0 radical (unpaired) electrons. The van der Waals surface area contributed by atoms with Crippen molar-refractivity contribution in [1.29, 1.82) is 0 Å². The summed E-state index contributed by atoms with van der Waals surface area (Å²) in [6.45, 7) is 6.83. The minimum Gasteiger partial charge on any atom is -0.444 e. The zero-order valence-corrected chi connectivity index (χ0v) is 16.5. The number of rotatable bonds is 4. The van der Waals surface area contributed by atoms with E-state index in [4.69, 9.17) is 4.74 Å². The number of carbonyl (C=O) groups excluding carboxylic acids is 1. The Morgan fingerprint density at radius 2 is 2.22 bits per heavy atom. The molecule has 27 heavy (non-hydrogen) atoms. The Balaban J connectivity index is 1.74. The molecule has 1 aromatic heterocycles. The van der Waals surface area contributed by atoms with Gasteiger partial charge in [0.05, 0.1) is 15.1 Å². The van der Waals surface area contributed by atoms with Crippen LogP contribution in [-0.4, -0.2) is 40.7 Å². The van der Waals surface area contributed by atoms with Crippen LogP contribution in [0.25, 0.3) is 10.2 Å². The topological polar surface area (TPSA) is 97.6 Å². The molecule has 1 aliphatic rings. The maximum Gasteiger partial charge on any atom is 0.407 e. The van der Waals surface area contributed by atoms with Crippen molar-refractivity contribution in [2.75, 3.05) is 18.0 Å². The Kier molecular flexibility index (Phi) is 5.50. The number of piperidine rings is 1. The Morgan fingerprint density at radius 1 is 1.44 bits per heavy atom. The molecule has 0 aliphatic carbocycles. The summed E-state index contributed by atoms with van der Waals surface area (Å²) in [5.74, 6) is 0. The molecule has 8 nitrogen and oxygen atoms in total. The van der Waals surface area contributed by atoms with Crippen LogP contribution in [0, 0.1) is 10.1 Å². The number of aromatic nitrogens is 1. The van der Waals surface area contributed by atoms with Gasteiger partial charge >= 0.3 is 6.09 Å². The number of non-ortho nitro benzene ring substituents is 1. The van der Waals surface area contributed by atoms with Gasteiger partial charge in [0.15, 0.2) is 5.13 Å². The molecule has 1 N–H and O–H groups in total. The first-order valence-corrected chi connectivity index (χ1v) is 9.83. The third-order valence-corrected chi connectivity index (χ3v) is 5.40. The molecular formula is C18H24N4O4S. The predicted molar refractivity (Wildman–Crippen MR) is 105 cm³/mol. The Labute approximate surface area is 161 Å². The van der Waals surface area contributed by atoms with Crippen molar-refractivity contribution in [3.8, 4) is 0 Å². The zero-order valence-electron chi connectivity index (χ0n) is 15.7. The monoisotopic (exact) mass is 392 g/mol. The third kappa shape index (κ3) is 4.85. The lowest BCUT2D eigenvalue weighted by Gasteiger charge is -2.35. The molecule has 3 rings (SSSR count). The highest BCUT2D eigenvalue weighted by Crippen LogP contribution is 2.34. The van der Waals surface area contributed by atoms with Crippen molar-refractivity contribution in [1.82, 2.24) is 10.3 Å².